The van der Waals surface area contributed by atoms with Crippen molar-refractivity contribution in [1.82, 2.24) is 30.0 Å². The molecule has 2 aromatic rings. The first kappa shape index (κ1) is 10.4. The van der Waals surface area contributed by atoms with Crippen molar-refractivity contribution >= 4 is 0 Å². The molecule has 6 nitrogen and oxygen atoms in total. The van der Waals surface area contributed by atoms with Gasteiger partial charge in [0.15, 0.2) is 0 Å². The third kappa shape index (κ3) is 1.47. The van der Waals surface area contributed by atoms with Gasteiger partial charge in [0.2, 0.25) is 0 Å². The Morgan fingerprint density at radius 3 is 1.76 bits per heavy atom. The molecule has 3 heterocycles. The molecule has 0 radical (unpaired) electrons. The summed E-state index contributed by atoms with van der Waals surface area (Å²) in [5.41, 5.74) is 4.33. The normalized spacial score (nSPS) is 14.2. The molecule has 3 rings (SSSR count). The summed E-state index contributed by atoms with van der Waals surface area (Å²) < 4.78 is 4.00. The van der Waals surface area contributed by atoms with Gasteiger partial charge in [0.25, 0.3) is 0 Å². The van der Waals surface area contributed by atoms with Crippen molar-refractivity contribution in [2.45, 2.75) is 46.2 Å². The zero-order chi connectivity index (χ0) is 11.8. The molecule has 90 valence electrons. The first-order valence-corrected chi connectivity index (χ1v) is 6.20. The molecule has 0 saturated heterocycles. The van der Waals surface area contributed by atoms with Crippen LogP contribution in [0.15, 0.2) is 0 Å². The van der Waals surface area contributed by atoms with Crippen molar-refractivity contribution in [3.63, 3.8) is 0 Å². The van der Waals surface area contributed by atoms with E-state index in [1.54, 1.807) is 0 Å². The number of aryl methyl sites for hydroxylation is 4. The summed E-state index contributed by atoms with van der Waals surface area (Å²) in [6, 6.07) is 0. The zero-order valence-corrected chi connectivity index (χ0v) is 10.2. The number of hydrogen-bond donors (Lipinski definition) is 0. The maximum Gasteiger partial charge on any atom is 0.112 e. The van der Waals surface area contributed by atoms with Gasteiger partial charge in [-0.3, -0.25) is 0 Å². The Hall–Kier alpha value is -1.72. The van der Waals surface area contributed by atoms with Gasteiger partial charge in [-0.2, -0.15) is 0 Å². The first-order chi connectivity index (χ1) is 8.35. The van der Waals surface area contributed by atoms with Crippen molar-refractivity contribution in [1.29, 1.82) is 0 Å². The average molecular weight is 232 g/mol. The summed E-state index contributed by atoms with van der Waals surface area (Å²) in [6.07, 6.45) is 2.81. The molecular formula is C11H16N6. The highest BCUT2D eigenvalue weighted by Gasteiger charge is 2.24. The quantitative estimate of drug-likeness (QED) is 0.777. The second-order valence-electron chi connectivity index (χ2n) is 4.28. The van der Waals surface area contributed by atoms with E-state index in [4.69, 9.17) is 0 Å². The maximum absolute atomic E-state index is 4.26. The van der Waals surface area contributed by atoms with Crippen LogP contribution in [0.1, 0.15) is 31.7 Å². The van der Waals surface area contributed by atoms with E-state index in [-0.39, 0.29) is 0 Å². The molecule has 0 saturated carbocycles. The van der Waals surface area contributed by atoms with Crippen LogP contribution < -0.4 is 0 Å². The second-order valence-corrected chi connectivity index (χ2v) is 4.28. The minimum absolute atomic E-state index is 0.893. The van der Waals surface area contributed by atoms with Gasteiger partial charge in [-0.15, -0.1) is 10.2 Å². The van der Waals surface area contributed by atoms with Crippen molar-refractivity contribution in [2.75, 3.05) is 0 Å². The van der Waals surface area contributed by atoms with Gasteiger partial charge in [-0.25, -0.2) is 9.36 Å². The van der Waals surface area contributed by atoms with Crippen molar-refractivity contribution in [2.24, 2.45) is 0 Å². The number of rotatable bonds is 2. The lowest BCUT2D eigenvalue weighted by atomic mass is 10.1. The highest BCUT2D eigenvalue weighted by Crippen LogP contribution is 2.28. The monoisotopic (exact) mass is 232 g/mol. The summed E-state index contributed by atoms with van der Waals surface area (Å²) in [7, 11) is 0. The summed E-state index contributed by atoms with van der Waals surface area (Å²) in [5.74, 6) is 0. The Labute approximate surface area is 99.6 Å². The molecule has 6 heteroatoms. The molecule has 0 atom stereocenters. The lowest BCUT2D eigenvalue weighted by Crippen LogP contribution is -2.02. The van der Waals surface area contributed by atoms with E-state index in [1.807, 2.05) is 9.36 Å². The lowest BCUT2D eigenvalue weighted by molar-refractivity contribution is 0.509. The van der Waals surface area contributed by atoms with Crippen LogP contribution in [0.2, 0.25) is 0 Å². The van der Waals surface area contributed by atoms with Crippen LogP contribution in [-0.4, -0.2) is 30.0 Å². The van der Waals surface area contributed by atoms with Crippen LogP contribution >= 0.6 is 0 Å². The van der Waals surface area contributed by atoms with E-state index in [0.717, 1.165) is 55.1 Å². The van der Waals surface area contributed by atoms with Crippen LogP contribution in [-0.2, 0) is 25.9 Å². The van der Waals surface area contributed by atoms with E-state index in [0.29, 0.717) is 0 Å². The number of aromatic nitrogens is 6. The Kier molecular flexibility index (Phi) is 2.42. The average Bonchev–Trinajstić information content (AvgIpc) is 2.88. The third-order valence-electron chi connectivity index (χ3n) is 3.24. The highest BCUT2D eigenvalue weighted by molar-refractivity contribution is 5.60. The molecule has 1 aliphatic heterocycles. The van der Waals surface area contributed by atoms with E-state index >= 15 is 0 Å². The summed E-state index contributed by atoms with van der Waals surface area (Å²) >= 11 is 0. The molecule has 0 bridgehead atoms. The zero-order valence-electron chi connectivity index (χ0n) is 10.2. The van der Waals surface area contributed by atoms with Crippen LogP contribution in [0, 0.1) is 0 Å². The smallest absolute Gasteiger partial charge is 0.112 e. The standard InChI is InChI=1S/C11H16N6/c1-3-8-10-11-9(4-2)13-15-17(11)7-5-6-16(10)14-12-8/h3-7H2,1-2H3. The van der Waals surface area contributed by atoms with Crippen molar-refractivity contribution in [3.05, 3.63) is 11.4 Å². The van der Waals surface area contributed by atoms with Gasteiger partial charge in [-0.05, 0) is 19.3 Å². The molecule has 0 aliphatic carbocycles. The SMILES string of the molecule is CCc1nnn2c1-c1c(CC)nnn1CCC2. The molecule has 0 aromatic carbocycles. The Morgan fingerprint density at radius 2 is 1.35 bits per heavy atom. The molecular weight excluding hydrogens is 216 g/mol. The van der Waals surface area contributed by atoms with Gasteiger partial charge in [0.1, 0.15) is 11.4 Å². The molecule has 17 heavy (non-hydrogen) atoms. The fraction of sp³-hybridized carbons (Fsp3) is 0.636. The maximum atomic E-state index is 4.26. The van der Waals surface area contributed by atoms with Crippen molar-refractivity contribution < 1.29 is 0 Å². The molecule has 0 amide bonds. The number of nitrogens with zero attached hydrogens (tertiary/aromatic N) is 6. The Bertz CT molecular complexity index is 490. The van der Waals surface area contributed by atoms with E-state index < -0.39 is 0 Å². The number of fused-ring (bicyclic) bond motifs is 3. The van der Waals surface area contributed by atoms with Gasteiger partial charge in [-0.1, -0.05) is 24.3 Å². The van der Waals surface area contributed by atoms with Gasteiger partial charge < -0.3 is 0 Å². The molecule has 1 aliphatic rings. The van der Waals surface area contributed by atoms with Gasteiger partial charge in [0, 0.05) is 13.1 Å². The van der Waals surface area contributed by atoms with Gasteiger partial charge >= 0.3 is 0 Å². The van der Waals surface area contributed by atoms with Crippen LogP contribution in [0.25, 0.3) is 11.4 Å². The Morgan fingerprint density at radius 1 is 0.882 bits per heavy atom. The third-order valence-corrected chi connectivity index (χ3v) is 3.24. The lowest BCUT2D eigenvalue weighted by Gasteiger charge is -2.04. The molecule has 0 spiro atoms. The second kappa shape index (κ2) is 3.94. The molecule has 0 N–H and O–H groups in total. The predicted octanol–water partition coefficient (Wildman–Crippen LogP) is 1.07. The van der Waals surface area contributed by atoms with Crippen LogP contribution in [0.3, 0.4) is 0 Å². The van der Waals surface area contributed by atoms with Crippen molar-refractivity contribution in [3.8, 4) is 11.4 Å². The Balaban J connectivity index is 2.27. The van der Waals surface area contributed by atoms with Crippen LogP contribution in [0.4, 0.5) is 0 Å². The predicted molar refractivity (Wildman–Crippen MR) is 62.4 cm³/mol. The molecule has 0 fully saturated rings. The minimum Gasteiger partial charge on any atom is -0.243 e. The fourth-order valence-electron chi connectivity index (χ4n) is 2.38. The van der Waals surface area contributed by atoms with Gasteiger partial charge in [0.05, 0.1) is 11.4 Å². The fourth-order valence-corrected chi connectivity index (χ4v) is 2.38. The van der Waals surface area contributed by atoms with E-state index in [1.165, 1.54) is 0 Å². The highest BCUT2D eigenvalue weighted by atomic mass is 15.5. The first-order valence-electron chi connectivity index (χ1n) is 6.20. The molecule has 0 unspecified atom stereocenters. The number of hydrogen-bond acceptors (Lipinski definition) is 4. The molecule has 2 aromatic heterocycles. The van der Waals surface area contributed by atoms with E-state index in [9.17, 15) is 0 Å². The summed E-state index contributed by atoms with van der Waals surface area (Å²) in [4.78, 5) is 0. The largest absolute Gasteiger partial charge is 0.243 e. The summed E-state index contributed by atoms with van der Waals surface area (Å²) in [6.45, 7) is 6.04. The summed E-state index contributed by atoms with van der Waals surface area (Å²) in [5, 5.41) is 17.0. The van der Waals surface area contributed by atoms with Crippen LogP contribution in [0.5, 0.6) is 0 Å². The van der Waals surface area contributed by atoms with E-state index in [2.05, 4.69) is 34.5 Å². The minimum atomic E-state index is 0.893. The topological polar surface area (TPSA) is 61.4 Å².